The van der Waals surface area contributed by atoms with Crippen molar-refractivity contribution in [2.24, 2.45) is 5.73 Å². The Morgan fingerprint density at radius 2 is 1.05 bits per heavy atom. The fourth-order valence-electron chi connectivity index (χ4n) is 5.61. The molecule has 0 saturated heterocycles. The van der Waals surface area contributed by atoms with E-state index >= 15 is 0 Å². The quantitative estimate of drug-likeness (QED) is 0.0398. The summed E-state index contributed by atoms with van der Waals surface area (Å²) in [5, 5.41) is 13.7. The summed E-state index contributed by atoms with van der Waals surface area (Å²) in [4.78, 5) is 22.5. The molecule has 8 nitrogen and oxygen atoms in total. The lowest BCUT2D eigenvalue weighted by atomic mass is 10.0. The number of carbonyl (C=O) groups excluding carboxylic acids is 1. The van der Waals surface area contributed by atoms with Crippen molar-refractivity contribution in [1.29, 1.82) is 0 Å². The number of phosphoric acid groups is 1. The monoisotopic (exact) mass is 649 g/mol. The molecular weight excluding hydrogens is 575 g/mol. The van der Waals surface area contributed by atoms with Crippen molar-refractivity contribution in [1.82, 2.24) is 5.32 Å². The Labute approximate surface area is 272 Å². The minimum Gasteiger partial charge on any atom is -0.391 e. The van der Waals surface area contributed by atoms with E-state index in [-0.39, 0.29) is 25.7 Å². The van der Waals surface area contributed by atoms with Gasteiger partial charge in [0.1, 0.15) is 0 Å². The lowest BCUT2D eigenvalue weighted by Crippen LogP contribution is -2.46. The highest BCUT2D eigenvalue weighted by atomic mass is 31.2. The molecule has 0 aliphatic rings. The van der Waals surface area contributed by atoms with Gasteiger partial charge < -0.3 is 21.1 Å². The Hall–Kier alpha value is -0.500. The van der Waals surface area contributed by atoms with E-state index in [1.165, 1.54) is 122 Å². The average Bonchev–Trinajstić information content (AvgIpc) is 3.01. The van der Waals surface area contributed by atoms with Crippen LogP contribution in [0.1, 0.15) is 187 Å². The first-order valence-electron chi connectivity index (χ1n) is 18.7. The van der Waals surface area contributed by atoms with Crippen LogP contribution in [0.15, 0.2) is 0 Å². The number of rotatable bonds is 35. The van der Waals surface area contributed by atoms with Gasteiger partial charge >= 0.3 is 7.82 Å². The van der Waals surface area contributed by atoms with E-state index in [0.717, 1.165) is 38.5 Å². The number of nitrogens with one attached hydrogen (secondary N) is 1. The standard InChI is InChI=1S/C35H73N2O6P/c1-3-5-7-9-11-13-14-15-16-17-18-19-20-21-22-24-26-28-34(38)33(32-43-44(40,41)42-31-30-36)37-35(39)29-27-25-23-12-10-8-6-4-2/h33-34,38H,3-32,36H2,1-2H3,(H,37,39)(H,40,41)/t33-,34+/m0/s1. The summed E-state index contributed by atoms with van der Waals surface area (Å²) < 4.78 is 22.0. The van der Waals surface area contributed by atoms with Crippen LogP contribution in [0.4, 0.5) is 0 Å². The number of hydrogen-bond acceptors (Lipinski definition) is 6. The third kappa shape index (κ3) is 30.2. The molecule has 0 rings (SSSR count). The molecule has 0 aromatic heterocycles. The number of unbranched alkanes of at least 4 members (excludes halogenated alkanes) is 23. The fourth-order valence-corrected chi connectivity index (χ4v) is 6.37. The highest BCUT2D eigenvalue weighted by molar-refractivity contribution is 7.47. The van der Waals surface area contributed by atoms with Crippen molar-refractivity contribution in [2.75, 3.05) is 19.8 Å². The third-order valence-electron chi connectivity index (χ3n) is 8.46. The van der Waals surface area contributed by atoms with Crippen molar-refractivity contribution in [3.05, 3.63) is 0 Å². The lowest BCUT2D eigenvalue weighted by molar-refractivity contribution is -0.123. The van der Waals surface area contributed by atoms with E-state index in [2.05, 4.69) is 19.2 Å². The second-order valence-electron chi connectivity index (χ2n) is 12.8. The van der Waals surface area contributed by atoms with E-state index < -0.39 is 20.0 Å². The van der Waals surface area contributed by atoms with E-state index in [1.54, 1.807) is 0 Å². The van der Waals surface area contributed by atoms with Gasteiger partial charge in [-0.25, -0.2) is 4.57 Å². The molecule has 3 atom stereocenters. The van der Waals surface area contributed by atoms with Gasteiger partial charge in [0.15, 0.2) is 0 Å². The minimum absolute atomic E-state index is 0.0919. The number of hydrogen-bond donors (Lipinski definition) is 4. The zero-order chi connectivity index (χ0) is 32.6. The molecule has 1 amide bonds. The molecule has 0 spiro atoms. The second kappa shape index (κ2) is 32.4. The summed E-state index contributed by atoms with van der Waals surface area (Å²) in [5.74, 6) is -0.165. The van der Waals surface area contributed by atoms with Gasteiger partial charge in [0, 0.05) is 13.0 Å². The predicted octanol–water partition coefficient (Wildman–Crippen LogP) is 9.50. The molecule has 0 saturated carbocycles. The molecule has 44 heavy (non-hydrogen) atoms. The minimum atomic E-state index is -4.30. The fraction of sp³-hybridized carbons (Fsp3) is 0.971. The SMILES string of the molecule is CCCCCCCCCCCCCCCCCCC[C@@H](O)[C@H](COP(=O)(O)OCCN)NC(=O)CCCCCCCCCC. The topological polar surface area (TPSA) is 131 Å². The number of aliphatic hydroxyl groups is 1. The number of nitrogens with two attached hydrogens (primary N) is 1. The average molecular weight is 649 g/mol. The van der Waals surface area contributed by atoms with Gasteiger partial charge in [0.05, 0.1) is 25.4 Å². The molecule has 0 aliphatic heterocycles. The lowest BCUT2D eigenvalue weighted by Gasteiger charge is -2.25. The molecule has 0 heterocycles. The van der Waals surface area contributed by atoms with Crippen LogP contribution in [-0.4, -0.2) is 47.8 Å². The third-order valence-corrected chi connectivity index (χ3v) is 9.45. The largest absolute Gasteiger partial charge is 0.472 e. The van der Waals surface area contributed by atoms with Gasteiger partial charge in [-0.05, 0) is 12.8 Å². The first-order chi connectivity index (χ1) is 21.4. The van der Waals surface area contributed by atoms with E-state index in [1.807, 2.05) is 0 Å². The maximum atomic E-state index is 12.6. The van der Waals surface area contributed by atoms with Gasteiger partial charge in [-0.1, -0.05) is 168 Å². The summed E-state index contributed by atoms with van der Waals surface area (Å²) in [7, 11) is -4.30. The number of amides is 1. The smallest absolute Gasteiger partial charge is 0.391 e. The van der Waals surface area contributed by atoms with Gasteiger partial charge in [-0.15, -0.1) is 0 Å². The molecule has 0 aromatic carbocycles. The van der Waals surface area contributed by atoms with Gasteiger partial charge in [0.25, 0.3) is 0 Å². The maximum Gasteiger partial charge on any atom is 0.472 e. The zero-order valence-electron chi connectivity index (χ0n) is 28.9. The summed E-state index contributed by atoms with van der Waals surface area (Å²) >= 11 is 0. The Kier molecular flexibility index (Phi) is 32.1. The summed E-state index contributed by atoms with van der Waals surface area (Å²) in [6.45, 7) is 4.18. The van der Waals surface area contributed by atoms with E-state index in [9.17, 15) is 19.4 Å². The van der Waals surface area contributed by atoms with Gasteiger partial charge in [-0.3, -0.25) is 13.8 Å². The maximum absolute atomic E-state index is 12.6. The Balaban J connectivity index is 4.15. The van der Waals surface area contributed by atoms with Crippen molar-refractivity contribution < 1.29 is 28.4 Å². The summed E-state index contributed by atoms with van der Waals surface area (Å²) in [6.07, 6.45) is 31.1. The van der Waals surface area contributed by atoms with Crippen molar-refractivity contribution in [3.8, 4) is 0 Å². The molecule has 0 bridgehead atoms. The zero-order valence-corrected chi connectivity index (χ0v) is 29.8. The molecule has 5 N–H and O–H groups in total. The molecule has 9 heteroatoms. The van der Waals surface area contributed by atoms with Crippen LogP contribution < -0.4 is 11.1 Å². The molecule has 0 aliphatic carbocycles. The first kappa shape index (κ1) is 43.5. The van der Waals surface area contributed by atoms with E-state index in [4.69, 9.17) is 14.8 Å². The Morgan fingerprint density at radius 1 is 0.659 bits per heavy atom. The van der Waals surface area contributed by atoms with E-state index in [0.29, 0.717) is 12.8 Å². The van der Waals surface area contributed by atoms with Crippen LogP contribution in [0.25, 0.3) is 0 Å². The van der Waals surface area contributed by atoms with Crippen LogP contribution in [0.2, 0.25) is 0 Å². The van der Waals surface area contributed by atoms with Crippen LogP contribution >= 0.6 is 7.82 Å². The first-order valence-corrected chi connectivity index (χ1v) is 20.1. The molecule has 0 radical (unpaired) electrons. The van der Waals surface area contributed by atoms with Gasteiger partial charge in [-0.2, -0.15) is 0 Å². The van der Waals surface area contributed by atoms with Crippen LogP contribution in [-0.2, 0) is 18.4 Å². The van der Waals surface area contributed by atoms with Crippen LogP contribution in [0.3, 0.4) is 0 Å². The normalized spacial score (nSPS) is 14.4. The van der Waals surface area contributed by atoms with Crippen molar-refractivity contribution >= 4 is 13.7 Å². The highest BCUT2D eigenvalue weighted by Crippen LogP contribution is 2.43. The van der Waals surface area contributed by atoms with Crippen molar-refractivity contribution in [2.45, 2.75) is 199 Å². The van der Waals surface area contributed by atoms with Crippen LogP contribution in [0, 0.1) is 0 Å². The van der Waals surface area contributed by atoms with Crippen LogP contribution in [0.5, 0.6) is 0 Å². The Morgan fingerprint density at radius 3 is 1.45 bits per heavy atom. The molecule has 0 fully saturated rings. The van der Waals surface area contributed by atoms with Gasteiger partial charge in [0.2, 0.25) is 5.91 Å². The summed E-state index contributed by atoms with van der Waals surface area (Å²) in [5.41, 5.74) is 5.35. The molecule has 1 unspecified atom stereocenters. The number of aliphatic hydroxyl groups excluding tert-OH is 1. The molecule has 0 aromatic rings. The summed E-state index contributed by atoms with van der Waals surface area (Å²) in [6, 6.07) is -0.764. The highest BCUT2D eigenvalue weighted by Gasteiger charge is 2.27. The number of phosphoric ester groups is 1. The second-order valence-corrected chi connectivity index (χ2v) is 14.3. The van der Waals surface area contributed by atoms with Crippen molar-refractivity contribution in [3.63, 3.8) is 0 Å². The Bertz CT molecular complexity index is 669. The predicted molar refractivity (Wildman–Crippen MR) is 185 cm³/mol. The number of carbonyl (C=O) groups is 1. The molecular formula is C35H73N2O6P. The molecule has 264 valence electrons.